The Balaban J connectivity index is 2.49. The maximum absolute atomic E-state index is 11.0. The van der Waals surface area contributed by atoms with E-state index in [0.29, 0.717) is 10.6 Å². The van der Waals surface area contributed by atoms with Crippen LogP contribution in [-0.2, 0) is 4.79 Å². The van der Waals surface area contributed by atoms with Gasteiger partial charge >= 0.3 is 0 Å². The van der Waals surface area contributed by atoms with E-state index >= 15 is 0 Å². The number of carbonyl (C=O) groups is 1. The monoisotopic (exact) mass is 211 g/mol. The molecular weight excluding hydrogens is 202 g/mol. The largest absolute Gasteiger partial charge is 0.366 e. The van der Waals surface area contributed by atoms with Crippen LogP contribution in [0.25, 0.3) is 0 Å². The van der Waals surface area contributed by atoms with Crippen LogP contribution in [0.5, 0.6) is 0 Å². The number of hydrogen-bond acceptors (Lipinski definition) is 3. The summed E-state index contributed by atoms with van der Waals surface area (Å²) in [6.45, 7) is 1.93. The van der Waals surface area contributed by atoms with Gasteiger partial charge in [-0.05, 0) is 19.2 Å². The molecule has 0 aromatic carbocycles. The van der Waals surface area contributed by atoms with E-state index in [4.69, 9.17) is 17.3 Å². The van der Waals surface area contributed by atoms with Gasteiger partial charge in [0, 0.05) is 11.8 Å². The normalized spacial score (nSPS) is 29.1. The quantitative estimate of drug-likeness (QED) is 0.584. The third-order valence-electron chi connectivity index (χ3n) is 2.40. The van der Waals surface area contributed by atoms with Gasteiger partial charge in [-0.1, -0.05) is 11.6 Å². The third-order valence-corrected chi connectivity index (χ3v) is 2.81. The Morgan fingerprint density at radius 3 is 2.93 bits per heavy atom. The Hall–Kier alpha value is -1.42. The molecule has 2 aliphatic rings. The molecule has 0 saturated heterocycles. The van der Waals surface area contributed by atoms with Crippen molar-refractivity contribution in [3.05, 3.63) is 34.7 Å². The smallest absolute Gasteiger partial charge is 0.251 e. The molecule has 2 rings (SSSR count). The first-order chi connectivity index (χ1) is 6.54. The predicted octanol–water partition coefficient (Wildman–Crippen LogP) is 0.285. The summed E-state index contributed by atoms with van der Waals surface area (Å²) in [5.41, 5.74) is 5.89. The number of nitrogens with one attached hydrogen (secondary N) is 2. The summed E-state index contributed by atoms with van der Waals surface area (Å²) in [5, 5.41) is 6.54. The fourth-order valence-corrected chi connectivity index (χ4v) is 1.95. The van der Waals surface area contributed by atoms with Crippen LogP contribution in [-0.4, -0.2) is 11.6 Å². The highest BCUT2D eigenvalue weighted by Gasteiger charge is 2.35. The number of dihydropyridines is 1. The van der Waals surface area contributed by atoms with Gasteiger partial charge in [0.05, 0.1) is 10.6 Å². The molecule has 1 amide bonds. The van der Waals surface area contributed by atoms with Crippen LogP contribution in [0.15, 0.2) is 34.7 Å². The fourth-order valence-electron chi connectivity index (χ4n) is 1.55. The molecule has 0 fully saturated rings. The number of nitrogens with two attached hydrogens (primary N) is 1. The van der Waals surface area contributed by atoms with Crippen molar-refractivity contribution in [2.45, 2.75) is 12.6 Å². The zero-order valence-electron chi connectivity index (χ0n) is 7.60. The number of hydrogen-bond donors (Lipinski definition) is 3. The van der Waals surface area contributed by atoms with Gasteiger partial charge in [0.15, 0.2) is 0 Å². The Morgan fingerprint density at radius 1 is 1.57 bits per heavy atom. The van der Waals surface area contributed by atoms with Crippen LogP contribution in [0.4, 0.5) is 0 Å². The molecule has 5 heteroatoms. The second-order valence-electron chi connectivity index (χ2n) is 3.40. The average molecular weight is 212 g/mol. The van der Waals surface area contributed by atoms with E-state index in [1.165, 1.54) is 6.20 Å². The van der Waals surface area contributed by atoms with Gasteiger partial charge in [-0.25, -0.2) is 0 Å². The van der Waals surface area contributed by atoms with Gasteiger partial charge in [0.25, 0.3) is 5.91 Å². The minimum absolute atomic E-state index is 0.312. The lowest BCUT2D eigenvalue weighted by molar-refractivity contribution is -0.114. The highest BCUT2D eigenvalue weighted by Crippen LogP contribution is 2.33. The van der Waals surface area contributed by atoms with Crippen molar-refractivity contribution in [1.29, 1.82) is 0 Å². The average Bonchev–Trinajstić information content (AvgIpc) is 2.47. The molecule has 1 atom stereocenters. The van der Waals surface area contributed by atoms with Crippen molar-refractivity contribution in [3.63, 3.8) is 0 Å². The maximum Gasteiger partial charge on any atom is 0.251 e. The minimum atomic E-state index is -0.530. The first-order valence-corrected chi connectivity index (χ1v) is 4.55. The van der Waals surface area contributed by atoms with Crippen LogP contribution in [0.1, 0.15) is 6.92 Å². The molecule has 74 valence electrons. The van der Waals surface area contributed by atoms with Gasteiger partial charge in [-0.15, -0.1) is 0 Å². The Bertz CT molecular complexity index is 397. The van der Waals surface area contributed by atoms with E-state index in [0.717, 1.165) is 5.57 Å². The van der Waals surface area contributed by atoms with Crippen molar-refractivity contribution in [2.75, 3.05) is 0 Å². The Morgan fingerprint density at radius 2 is 2.29 bits per heavy atom. The summed E-state index contributed by atoms with van der Waals surface area (Å²) in [6.07, 6.45) is 5.14. The molecular formula is C9H10ClN3O. The van der Waals surface area contributed by atoms with Crippen LogP contribution in [0, 0.1) is 0 Å². The van der Waals surface area contributed by atoms with Crippen molar-refractivity contribution in [1.82, 2.24) is 10.6 Å². The molecule has 2 aliphatic heterocycles. The number of rotatable bonds is 1. The van der Waals surface area contributed by atoms with E-state index < -0.39 is 11.6 Å². The summed E-state index contributed by atoms with van der Waals surface area (Å²) in [7, 11) is 0. The number of amides is 1. The minimum Gasteiger partial charge on any atom is -0.366 e. The van der Waals surface area contributed by atoms with E-state index in [2.05, 4.69) is 10.6 Å². The fraction of sp³-hybridized carbons (Fsp3) is 0.222. The molecule has 2 heterocycles. The van der Waals surface area contributed by atoms with E-state index in [-0.39, 0.29) is 0 Å². The first kappa shape index (κ1) is 9.15. The second-order valence-corrected chi connectivity index (χ2v) is 3.77. The van der Waals surface area contributed by atoms with Crippen molar-refractivity contribution in [3.8, 4) is 0 Å². The van der Waals surface area contributed by atoms with Crippen LogP contribution in [0.3, 0.4) is 0 Å². The molecule has 0 spiro atoms. The zero-order chi connectivity index (χ0) is 10.3. The van der Waals surface area contributed by atoms with E-state index in [1.807, 2.05) is 13.0 Å². The lowest BCUT2D eigenvalue weighted by Crippen LogP contribution is -2.51. The summed E-state index contributed by atoms with van der Waals surface area (Å²) < 4.78 is 0. The summed E-state index contributed by atoms with van der Waals surface area (Å²) >= 11 is 6.05. The van der Waals surface area contributed by atoms with Gasteiger partial charge in [0.1, 0.15) is 5.66 Å². The summed E-state index contributed by atoms with van der Waals surface area (Å²) in [4.78, 5) is 11.0. The summed E-state index contributed by atoms with van der Waals surface area (Å²) in [5.74, 6) is -0.530. The van der Waals surface area contributed by atoms with Crippen LogP contribution >= 0.6 is 11.6 Å². The molecule has 0 aliphatic carbocycles. The molecule has 4 nitrogen and oxygen atoms in total. The van der Waals surface area contributed by atoms with Gasteiger partial charge in [-0.3, -0.25) is 4.79 Å². The maximum atomic E-state index is 11.0. The molecule has 0 saturated carbocycles. The van der Waals surface area contributed by atoms with Gasteiger partial charge < -0.3 is 16.4 Å². The molecule has 0 bridgehead atoms. The first-order valence-electron chi connectivity index (χ1n) is 4.17. The van der Waals surface area contributed by atoms with Gasteiger partial charge in [0.2, 0.25) is 0 Å². The SMILES string of the molecule is CC12NC=CC1=C(Cl)C(C(N)=O)=CN2. The van der Waals surface area contributed by atoms with E-state index in [1.54, 1.807) is 6.20 Å². The highest BCUT2D eigenvalue weighted by atomic mass is 35.5. The highest BCUT2D eigenvalue weighted by molar-refractivity contribution is 6.36. The van der Waals surface area contributed by atoms with Crippen LogP contribution < -0.4 is 16.4 Å². The molecule has 0 aromatic rings. The standard InChI is InChI=1S/C9H10ClN3O/c1-9-6(2-3-12-9)7(10)5(4-13-9)8(11)14/h2-4,12-13H,1H3,(H2,11,14). The van der Waals surface area contributed by atoms with Crippen molar-refractivity contribution < 1.29 is 4.79 Å². The number of primary amides is 1. The molecule has 14 heavy (non-hydrogen) atoms. The third kappa shape index (κ3) is 1.11. The number of fused-ring (bicyclic) bond motifs is 1. The molecule has 1 unspecified atom stereocenters. The predicted molar refractivity (Wildman–Crippen MR) is 54.0 cm³/mol. The molecule has 0 radical (unpaired) electrons. The zero-order valence-corrected chi connectivity index (χ0v) is 8.35. The van der Waals surface area contributed by atoms with Crippen molar-refractivity contribution >= 4 is 17.5 Å². The van der Waals surface area contributed by atoms with E-state index in [9.17, 15) is 4.79 Å². The number of carbonyl (C=O) groups excluding carboxylic acids is 1. The Labute approximate surface area is 86.5 Å². The van der Waals surface area contributed by atoms with Crippen LogP contribution in [0.2, 0.25) is 0 Å². The lowest BCUT2D eigenvalue weighted by atomic mass is 9.98. The lowest BCUT2D eigenvalue weighted by Gasteiger charge is -2.32. The van der Waals surface area contributed by atoms with Crippen molar-refractivity contribution in [2.24, 2.45) is 5.73 Å². The molecule has 4 N–H and O–H groups in total. The number of halogens is 1. The topological polar surface area (TPSA) is 67.1 Å². The van der Waals surface area contributed by atoms with Gasteiger partial charge in [-0.2, -0.15) is 0 Å². The second kappa shape index (κ2) is 2.78. The Kier molecular flexibility index (Phi) is 1.82. The summed E-state index contributed by atoms with van der Waals surface area (Å²) in [6, 6.07) is 0. The molecule has 0 aromatic heterocycles.